The Morgan fingerprint density at radius 1 is 1.58 bits per heavy atom. The Kier molecular flexibility index (Phi) is 3.81. The number of hydrogen-bond donors (Lipinski definition) is 1. The molecule has 1 saturated carbocycles. The van der Waals surface area contributed by atoms with Gasteiger partial charge in [-0.3, -0.25) is 4.79 Å². The molecular weight excluding hydrogens is 262 g/mol. The van der Waals surface area contributed by atoms with Crippen LogP contribution in [0.3, 0.4) is 0 Å². The van der Waals surface area contributed by atoms with Crippen molar-refractivity contribution in [2.24, 2.45) is 5.73 Å². The number of carbonyl (C=O) groups excluding carboxylic acids is 1. The fraction of sp³-hybridized carbons (Fsp3) is 0.692. The smallest absolute Gasteiger partial charge is 0.273 e. The molecule has 2 aliphatic rings. The van der Waals surface area contributed by atoms with Crippen molar-refractivity contribution in [3.8, 4) is 0 Å². The zero-order valence-electron chi connectivity index (χ0n) is 10.9. The third kappa shape index (κ3) is 2.52. The lowest BCUT2D eigenvalue weighted by molar-refractivity contribution is -0.0447. The zero-order valence-corrected chi connectivity index (χ0v) is 11.7. The minimum absolute atomic E-state index is 0.0553. The lowest BCUT2D eigenvalue weighted by Crippen LogP contribution is -2.51. The third-order valence-corrected chi connectivity index (χ3v) is 4.78. The molecule has 0 spiro atoms. The number of rotatable bonds is 3. The van der Waals surface area contributed by atoms with Crippen molar-refractivity contribution in [3.63, 3.8) is 0 Å². The molecule has 5 nitrogen and oxygen atoms in total. The normalized spacial score (nSPS) is 26.5. The van der Waals surface area contributed by atoms with Crippen LogP contribution < -0.4 is 5.73 Å². The van der Waals surface area contributed by atoms with Crippen LogP contribution in [0.1, 0.15) is 34.8 Å². The van der Waals surface area contributed by atoms with Gasteiger partial charge in [0.1, 0.15) is 5.69 Å². The van der Waals surface area contributed by atoms with Crippen molar-refractivity contribution in [2.75, 3.05) is 19.7 Å². The van der Waals surface area contributed by atoms with E-state index < -0.39 is 0 Å². The number of amides is 1. The van der Waals surface area contributed by atoms with Crippen molar-refractivity contribution in [1.82, 2.24) is 9.88 Å². The maximum Gasteiger partial charge on any atom is 0.273 e. The first kappa shape index (κ1) is 13.0. The van der Waals surface area contributed by atoms with Crippen molar-refractivity contribution < 1.29 is 9.53 Å². The van der Waals surface area contributed by atoms with Gasteiger partial charge in [-0.2, -0.15) is 0 Å². The molecule has 1 saturated heterocycles. The molecule has 2 unspecified atom stereocenters. The molecule has 2 atom stereocenters. The number of carbonyl (C=O) groups is 1. The summed E-state index contributed by atoms with van der Waals surface area (Å²) in [4.78, 5) is 18.9. The molecule has 104 valence electrons. The summed E-state index contributed by atoms with van der Waals surface area (Å²) in [5, 5.41) is 2.80. The van der Waals surface area contributed by atoms with E-state index in [0.717, 1.165) is 30.7 Å². The van der Waals surface area contributed by atoms with E-state index in [1.165, 1.54) is 11.3 Å². The molecule has 6 heteroatoms. The van der Waals surface area contributed by atoms with E-state index in [2.05, 4.69) is 4.98 Å². The summed E-state index contributed by atoms with van der Waals surface area (Å²) in [7, 11) is 0. The molecule has 1 aromatic rings. The lowest BCUT2D eigenvalue weighted by Gasteiger charge is -2.37. The summed E-state index contributed by atoms with van der Waals surface area (Å²) in [5.74, 6) is 0.0553. The fourth-order valence-electron chi connectivity index (χ4n) is 2.97. The van der Waals surface area contributed by atoms with Gasteiger partial charge in [0.15, 0.2) is 0 Å². The molecule has 3 rings (SSSR count). The molecule has 2 fully saturated rings. The highest BCUT2D eigenvalue weighted by atomic mass is 32.1. The SMILES string of the molecule is NCCc1nc(C(=O)N2CCOC3CCCC32)cs1. The van der Waals surface area contributed by atoms with Gasteiger partial charge in [0.05, 0.1) is 23.8 Å². The molecule has 19 heavy (non-hydrogen) atoms. The van der Waals surface area contributed by atoms with Crippen LogP contribution in [0.2, 0.25) is 0 Å². The van der Waals surface area contributed by atoms with Gasteiger partial charge in [-0.15, -0.1) is 11.3 Å². The fourth-order valence-corrected chi connectivity index (χ4v) is 3.76. The summed E-state index contributed by atoms with van der Waals surface area (Å²) < 4.78 is 5.73. The van der Waals surface area contributed by atoms with Crippen LogP contribution in [0.15, 0.2) is 5.38 Å². The minimum atomic E-state index is 0.0553. The first-order chi connectivity index (χ1) is 9.29. The number of morpholine rings is 1. The van der Waals surface area contributed by atoms with Gasteiger partial charge in [0.2, 0.25) is 0 Å². The van der Waals surface area contributed by atoms with Crippen molar-refractivity contribution >= 4 is 17.2 Å². The quantitative estimate of drug-likeness (QED) is 0.899. The van der Waals surface area contributed by atoms with Crippen LogP contribution in [0.4, 0.5) is 0 Å². The topological polar surface area (TPSA) is 68.5 Å². The number of hydrogen-bond acceptors (Lipinski definition) is 5. The monoisotopic (exact) mass is 281 g/mol. The minimum Gasteiger partial charge on any atom is -0.374 e. The van der Waals surface area contributed by atoms with E-state index in [0.29, 0.717) is 25.4 Å². The van der Waals surface area contributed by atoms with Crippen molar-refractivity contribution in [3.05, 3.63) is 16.1 Å². The molecule has 0 bridgehead atoms. The largest absolute Gasteiger partial charge is 0.374 e. The first-order valence-electron chi connectivity index (χ1n) is 6.86. The first-order valence-corrected chi connectivity index (χ1v) is 7.74. The number of nitrogens with zero attached hydrogens (tertiary/aromatic N) is 2. The van der Waals surface area contributed by atoms with Crippen LogP contribution in [0.25, 0.3) is 0 Å². The van der Waals surface area contributed by atoms with E-state index >= 15 is 0 Å². The van der Waals surface area contributed by atoms with Gasteiger partial charge >= 0.3 is 0 Å². The molecule has 2 heterocycles. The Morgan fingerprint density at radius 3 is 3.32 bits per heavy atom. The summed E-state index contributed by atoms with van der Waals surface area (Å²) >= 11 is 1.52. The Balaban J connectivity index is 1.74. The van der Waals surface area contributed by atoms with Crippen LogP contribution in [-0.2, 0) is 11.2 Å². The van der Waals surface area contributed by atoms with Gasteiger partial charge in [-0.25, -0.2) is 4.98 Å². The maximum atomic E-state index is 12.5. The number of ether oxygens (including phenoxy) is 1. The van der Waals surface area contributed by atoms with Crippen LogP contribution >= 0.6 is 11.3 Å². The predicted octanol–water partition coefficient (Wildman–Crippen LogP) is 1.04. The van der Waals surface area contributed by atoms with Gasteiger partial charge in [0, 0.05) is 18.3 Å². The molecular formula is C13H19N3O2S. The zero-order chi connectivity index (χ0) is 13.2. The van der Waals surface area contributed by atoms with Crippen molar-refractivity contribution in [1.29, 1.82) is 0 Å². The number of thiazole rings is 1. The second-order valence-corrected chi connectivity index (χ2v) is 6.01. The van der Waals surface area contributed by atoms with E-state index in [1.54, 1.807) is 0 Å². The standard InChI is InChI=1S/C13H19N3O2S/c14-5-4-12-15-9(8-19-12)13(17)16-6-7-18-11-3-1-2-10(11)16/h8,10-11H,1-7,14H2. The average molecular weight is 281 g/mol. The Labute approximate surface area is 116 Å². The molecule has 0 radical (unpaired) electrons. The van der Waals surface area contributed by atoms with Crippen molar-refractivity contribution in [2.45, 2.75) is 37.8 Å². The second-order valence-electron chi connectivity index (χ2n) is 5.07. The highest BCUT2D eigenvalue weighted by molar-refractivity contribution is 7.09. The highest BCUT2D eigenvalue weighted by Crippen LogP contribution is 2.30. The summed E-state index contributed by atoms with van der Waals surface area (Å²) in [5.41, 5.74) is 6.08. The van der Waals surface area contributed by atoms with E-state index in [-0.39, 0.29) is 18.1 Å². The van der Waals surface area contributed by atoms with E-state index in [9.17, 15) is 4.79 Å². The summed E-state index contributed by atoms with van der Waals surface area (Å²) in [6.45, 7) is 1.90. The van der Waals surface area contributed by atoms with E-state index in [4.69, 9.17) is 10.5 Å². The Hall–Kier alpha value is -0.980. The van der Waals surface area contributed by atoms with Crippen LogP contribution in [-0.4, -0.2) is 47.6 Å². The molecule has 0 aromatic carbocycles. The molecule has 1 aliphatic carbocycles. The van der Waals surface area contributed by atoms with Crippen LogP contribution in [0.5, 0.6) is 0 Å². The predicted molar refractivity (Wildman–Crippen MR) is 73.3 cm³/mol. The number of aromatic nitrogens is 1. The molecule has 1 aliphatic heterocycles. The van der Waals surface area contributed by atoms with Gasteiger partial charge in [0.25, 0.3) is 5.91 Å². The Bertz CT molecular complexity index is 462. The second kappa shape index (κ2) is 5.56. The lowest BCUT2D eigenvalue weighted by atomic mass is 10.1. The van der Waals surface area contributed by atoms with E-state index in [1.807, 2.05) is 10.3 Å². The average Bonchev–Trinajstić information content (AvgIpc) is 3.06. The molecule has 1 aromatic heterocycles. The third-order valence-electron chi connectivity index (χ3n) is 3.87. The summed E-state index contributed by atoms with van der Waals surface area (Å²) in [6, 6.07) is 0.251. The Morgan fingerprint density at radius 2 is 2.47 bits per heavy atom. The number of fused-ring (bicyclic) bond motifs is 1. The highest BCUT2D eigenvalue weighted by Gasteiger charge is 2.39. The summed E-state index contributed by atoms with van der Waals surface area (Å²) in [6.07, 6.45) is 4.25. The van der Waals surface area contributed by atoms with Gasteiger partial charge in [-0.1, -0.05) is 0 Å². The van der Waals surface area contributed by atoms with Gasteiger partial charge < -0.3 is 15.4 Å². The van der Waals surface area contributed by atoms with Gasteiger partial charge in [-0.05, 0) is 25.8 Å². The molecule has 1 amide bonds. The number of nitrogens with two attached hydrogens (primary N) is 1. The van der Waals surface area contributed by atoms with Crippen LogP contribution in [0, 0.1) is 0 Å². The molecule has 2 N–H and O–H groups in total. The maximum absolute atomic E-state index is 12.5.